The maximum absolute atomic E-state index is 12.5. The number of ether oxygens (including phenoxy) is 1. The number of nitrogens with zero attached hydrogens (tertiary/aromatic N) is 3. The maximum Gasteiger partial charge on any atom is 0.337 e. The van der Waals surface area contributed by atoms with E-state index in [-0.39, 0.29) is 0 Å². The highest BCUT2D eigenvalue weighted by Gasteiger charge is 2.33. The van der Waals surface area contributed by atoms with Crippen LogP contribution in [0.3, 0.4) is 0 Å². The molecule has 0 amide bonds. The highest BCUT2D eigenvalue weighted by molar-refractivity contribution is 5.87. The summed E-state index contributed by atoms with van der Waals surface area (Å²) in [6, 6.07) is 19.8. The zero-order valence-corrected chi connectivity index (χ0v) is 19.5. The summed E-state index contributed by atoms with van der Waals surface area (Å²) in [5, 5.41) is 16.1. The van der Waals surface area contributed by atoms with Crippen LogP contribution in [0.5, 0.6) is 0 Å². The topological polar surface area (TPSA) is 92.5 Å². The molecular weight excluding hydrogens is 428 g/mol. The van der Waals surface area contributed by atoms with Gasteiger partial charge in [-0.25, -0.2) is 14.3 Å². The van der Waals surface area contributed by atoms with Gasteiger partial charge in [0, 0.05) is 40.2 Å². The molecule has 1 unspecified atom stereocenters. The lowest BCUT2D eigenvalue weighted by atomic mass is 9.98. The van der Waals surface area contributed by atoms with Crippen molar-refractivity contribution in [3.63, 3.8) is 0 Å². The van der Waals surface area contributed by atoms with Crippen molar-refractivity contribution in [2.45, 2.75) is 39.4 Å². The maximum atomic E-state index is 12.5. The molecule has 7 heteroatoms. The van der Waals surface area contributed by atoms with E-state index in [9.17, 15) is 9.90 Å². The average Bonchev–Trinajstić information content (AvgIpc) is 3.43. The van der Waals surface area contributed by atoms with Crippen molar-refractivity contribution in [3.05, 3.63) is 78.1 Å². The Labute approximate surface area is 197 Å². The van der Waals surface area contributed by atoms with Crippen molar-refractivity contribution in [2.75, 3.05) is 0 Å². The Kier molecular flexibility index (Phi) is 5.21. The molecule has 0 aliphatic carbocycles. The molecule has 2 aromatic carbocycles. The number of aliphatic carboxylic acids is 1. The van der Waals surface area contributed by atoms with Gasteiger partial charge < -0.3 is 14.8 Å². The van der Waals surface area contributed by atoms with Crippen molar-refractivity contribution < 1.29 is 14.6 Å². The molecule has 0 fully saturated rings. The lowest BCUT2D eigenvalue weighted by Gasteiger charge is -2.27. The Hall–Kier alpha value is -3.97. The van der Waals surface area contributed by atoms with Gasteiger partial charge in [-0.05, 0) is 45.2 Å². The van der Waals surface area contributed by atoms with Crippen molar-refractivity contribution in [3.8, 4) is 22.5 Å². The molecule has 3 heterocycles. The summed E-state index contributed by atoms with van der Waals surface area (Å²) in [6.07, 6.45) is 0.669. The van der Waals surface area contributed by atoms with Crippen LogP contribution in [-0.2, 0) is 9.53 Å². The summed E-state index contributed by atoms with van der Waals surface area (Å²) in [7, 11) is 0. The number of benzene rings is 2. The molecule has 0 bridgehead atoms. The predicted molar refractivity (Wildman–Crippen MR) is 132 cm³/mol. The molecule has 0 radical (unpaired) electrons. The smallest absolute Gasteiger partial charge is 0.337 e. The Morgan fingerprint density at radius 2 is 1.82 bits per heavy atom. The summed E-state index contributed by atoms with van der Waals surface area (Å²) in [5.41, 5.74) is 5.18. The third kappa shape index (κ3) is 3.95. The molecule has 0 spiro atoms. The molecule has 0 aliphatic rings. The minimum absolute atomic E-state index is 0.489. The molecule has 5 rings (SSSR count). The van der Waals surface area contributed by atoms with E-state index in [4.69, 9.17) is 14.8 Å². The van der Waals surface area contributed by atoms with Crippen LogP contribution in [0.2, 0.25) is 0 Å². The first kappa shape index (κ1) is 21.9. The van der Waals surface area contributed by atoms with E-state index in [0.29, 0.717) is 22.6 Å². The first-order valence-corrected chi connectivity index (χ1v) is 11.1. The lowest BCUT2D eigenvalue weighted by molar-refractivity contribution is -0.160. The quantitative estimate of drug-likeness (QED) is 0.350. The van der Waals surface area contributed by atoms with E-state index in [2.05, 4.69) is 4.98 Å². The number of carboxylic acid groups (broad SMARTS) is 1. The number of rotatable bonds is 5. The fourth-order valence-corrected chi connectivity index (χ4v) is 4.26. The van der Waals surface area contributed by atoms with Crippen molar-refractivity contribution in [1.29, 1.82) is 0 Å². The van der Waals surface area contributed by atoms with Crippen LogP contribution in [0, 0.1) is 6.92 Å². The number of carbonyl (C=O) groups is 1. The molecule has 5 aromatic rings. The highest BCUT2D eigenvalue weighted by Crippen LogP contribution is 2.37. The van der Waals surface area contributed by atoms with E-state index in [1.165, 1.54) is 0 Å². The molecule has 34 heavy (non-hydrogen) atoms. The largest absolute Gasteiger partial charge is 0.479 e. The SMILES string of the molecule is Cc1nc2cc(-c3ccccc3)nn2c(-c2ccc3cc[nH]c3c2)c1C(OC(C)(C)C)C(=O)O. The summed E-state index contributed by atoms with van der Waals surface area (Å²) in [6.45, 7) is 7.35. The number of hydrogen-bond donors (Lipinski definition) is 2. The molecule has 1 atom stereocenters. The number of aromatic amines is 1. The highest BCUT2D eigenvalue weighted by atomic mass is 16.5. The first-order chi connectivity index (χ1) is 16.2. The number of H-pyrrole nitrogens is 1. The third-order valence-electron chi connectivity index (χ3n) is 5.69. The van der Waals surface area contributed by atoms with Crippen LogP contribution in [0.25, 0.3) is 39.1 Å². The van der Waals surface area contributed by atoms with Gasteiger partial charge in [0.1, 0.15) is 0 Å². The van der Waals surface area contributed by atoms with Crippen molar-refractivity contribution in [2.24, 2.45) is 0 Å². The number of nitrogens with one attached hydrogen (secondary N) is 1. The van der Waals surface area contributed by atoms with Gasteiger partial charge in [-0.15, -0.1) is 0 Å². The zero-order valence-electron chi connectivity index (χ0n) is 19.5. The van der Waals surface area contributed by atoms with E-state index >= 15 is 0 Å². The van der Waals surface area contributed by atoms with Gasteiger partial charge in [-0.2, -0.15) is 5.10 Å². The number of aryl methyl sites for hydroxylation is 1. The lowest BCUT2D eigenvalue weighted by Crippen LogP contribution is -2.29. The number of carboxylic acids is 1. The molecule has 0 aliphatic heterocycles. The van der Waals surface area contributed by atoms with Crippen LogP contribution >= 0.6 is 0 Å². The minimum Gasteiger partial charge on any atom is -0.479 e. The zero-order chi connectivity index (χ0) is 24.0. The van der Waals surface area contributed by atoms with Gasteiger partial charge in [0.2, 0.25) is 0 Å². The molecule has 0 saturated carbocycles. The predicted octanol–water partition coefficient (Wildman–Crippen LogP) is 5.79. The Bertz CT molecular complexity index is 1510. The van der Waals surface area contributed by atoms with E-state index in [0.717, 1.165) is 27.7 Å². The second kappa shape index (κ2) is 8.11. The van der Waals surface area contributed by atoms with Gasteiger partial charge in [-0.1, -0.05) is 42.5 Å². The number of aromatic nitrogens is 4. The number of hydrogen-bond acceptors (Lipinski definition) is 4. The van der Waals surface area contributed by atoms with Crippen LogP contribution in [0.4, 0.5) is 0 Å². The van der Waals surface area contributed by atoms with Crippen LogP contribution < -0.4 is 0 Å². The Morgan fingerprint density at radius 3 is 2.53 bits per heavy atom. The van der Waals surface area contributed by atoms with Crippen molar-refractivity contribution in [1.82, 2.24) is 19.6 Å². The van der Waals surface area contributed by atoms with E-state index in [1.807, 2.05) is 94.6 Å². The van der Waals surface area contributed by atoms with Crippen LogP contribution in [-0.4, -0.2) is 36.3 Å². The van der Waals surface area contributed by atoms with Crippen molar-refractivity contribution >= 4 is 22.5 Å². The Balaban J connectivity index is 1.83. The molecule has 7 nitrogen and oxygen atoms in total. The third-order valence-corrected chi connectivity index (χ3v) is 5.69. The first-order valence-electron chi connectivity index (χ1n) is 11.1. The van der Waals surface area contributed by atoms with Gasteiger partial charge in [0.25, 0.3) is 0 Å². The summed E-state index contributed by atoms with van der Waals surface area (Å²) >= 11 is 0. The van der Waals surface area contributed by atoms with Gasteiger partial charge in [-0.3, -0.25) is 0 Å². The summed E-state index contributed by atoms with van der Waals surface area (Å²) in [5.74, 6) is -1.07. The second-order valence-corrected chi connectivity index (χ2v) is 9.35. The minimum atomic E-state index is -1.21. The van der Waals surface area contributed by atoms with Crippen LogP contribution in [0.15, 0.2) is 66.9 Å². The number of fused-ring (bicyclic) bond motifs is 2. The van der Waals surface area contributed by atoms with Gasteiger partial charge in [0.15, 0.2) is 11.8 Å². The Morgan fingerprint density at radius 1 is 1.06 bits per heavy atom. The van der Waals surface area contributed by atoms with Crippen LogP contribution in [0.1, 0.15) is 38.1 Å². The molecule has 3 aromatic heterocycles. The average molecular weight is 455 g/mol. The summed E-state index contributed by atoms with van der Waals surface area (Å²) in [4.78, 5) is 20.4. The molecule has 172 valence electrons. The summed E-state index contributed by atoms with van der Waals surface area (Å²) < 4.78 is 7.79. The van der Waals surface area contributed by atoms with Gasteiger partial charge >= 0.3 is 5.97 Å². The second-order valence-electron chi connectivity index (χ2n) is 9.35. The van der Waals surface area contributed by atoms with Gasteiger partial charge in [0.05, 0.1) is 17.0 Å². The van der Waals surface area contributed by atoms with E-state index < -0.39 is 17.7 Å². The normalized spacial score (nSPS) is 12.9. The molecule has 0 saturated heterocycles. The standard InChI is InChI=1S/C27H26N4O3/c1-16-23(25(26(32)33)34-27(2,3)4)24(19-11-10-18-12-13-28-20(18)14-19)31-22(29-16)15-21(30-31)17-8-6-5-7-9-17/h5-15,25,28H,1-4H3,(H,32,33). The monoisotopic (exact) mass is 454 g/mol. The fourth-order valence-electron chi connectivity index (χ4n) is 4.26. The van der Waals surface area contributed by atoms with E-state index in [1.54, 1.807) is 4.52 Å². The molecular formula is C27H26N4O3. The fraction of sp³-hybridized carbons (Fsp3) is 0.222. The molecule has 2 N–H and O–H groups in total.